The van der Waals surface area contributed by atoms with Gasteiger partial charge in [-0.2, -0.15) is 4.98 Å². The molecule has 0 saturated carbocycles. The zero-order valence-electron chi connectivity index (χ0n) is 9.21. The highest BCUT2D eigenvalue weighted by atomic mass is 16.5. The van der Waals surface area contributed by atoms with Crippen molar-refractivity contribution in [2.24, 2.45) is 0 Å². The first-order valence-electron chi connectivity index (χ1n) is 5.31. The van der Waals surface area contributed by atoms with Crippen molar-refractivity contribution < 1.29 is 4.52 Å². The van der Waals surface area contributed by atoms with Crippen LogP contribution in [0.4, 0.5) is 0 Å². The number of aromatic nitrogens is 2. The van der Waals surface area contributed by atoms with Crippen molar-refractivity contribution in [3.05, 3.63) is 11.7 Å². The number of rotatable bonds is 6. The standard InChI is InChI=1S/C10H19N3O/c1-4-6-11-7-9-12-10(13-14-9)8(3)5-2/h8,11H,4-7H2,1-3H3. The minimum Gasteiger partial charge on any atom is -0.338 e. The van der Waals surface area contributed by atoms with Gasteiger partial charge >= 0.3 is 0 Å². The Morgan fingerprint density at radius 2 is 2.21 bits per heavy atom. The molecule has 0 fully saturated rings. The van der Waals surface area contributed by atoms with Crippen LogP contribution in [-0.2, 0) is 6.54 Å². The summed E-state index contributed by atoms with van der Waals surface area (Å²) in [6.45, 7) is 8.02. The van der Waals surface area contributed by atoms with Crippen LogP contribution in [-0.4, -0.2) is 16.7 Å². The molecule has 1 aromatic rings. The van der Waals surface area contributed by atoms with Crippen molar-refractivity contribution in [3.63, 3.8) is 0 Å². The molecule has 0 aromatic carbocycles. The average Bonchev–Trinajstić information content (AvgIpc) is 2.66. The molecule has 1 N–H and O–H groups in total. The van der Waals surface area contributed by atoms with Crippen LogP contribution in [0.15, 0.2) is 4.52 Å². The van der Waals surface area contributed by atoms with Gasteiger partial charge in [0.05, 0.1) is 6.54 Å². The summed E-state index contributed by atoms with van der Waals surface area (Å²) in [5, 5.41) is 7.16. The second-order valence-corrected chi connectivity index (χ2v) is 3.53. The van der Waals surface area contributed by atoms with E-state index in [4.69, 9.17) is 4.52 Å². The quantitative estimate of drug-likeness (QED) is 0.709. The van der Waals surface area contributed by atoms with Crippen LogP contribution in [0.3, 0.4) is 0 Å². The normalized spacial score (nSPS) is 13.1. The number of hydrogen-bond acceptors (Lipinski definition) is 4. The van der Waals surface area contributed by atoms with E-state index in [0.717, 1.165) is 25.2 Å². The van der Waals surface area contributed by atoms with Crippen LogP contribution in [0.25, 0.3) is 0 Å². The van der Waals surface area contributed by atoms with Gasteiger partial charge in [-0.05, 0) is 19.4 Å². The Kier molecular flexibility index (Phi) is 4.59. The Labute approximate surface area is 85.1 Å². The van der Waals surface area contributed by atoms with Crippen molar-refractivity contribution in [2.75, 3.05) is 6.54 Å². The summed E-state index contributed by atoms with van der Waals surface area (Å²) >= 11 is 0. The van der Waals surface area contributed by atoms with Gasteiger partial charge in [0.1, 0.15) is 0 Å². The first kappa shape index (κ1) is 11.2. The molecule has 0 aliphatic carbocycles. The molecule has 14 heavy (non-hydrogen) atoms. The minimum absolute atomic E-state index is 0.388. The summed E-state index contributed by atoms with van der Waals surface area (Å²) in [6, 6.07) is 0. The highest BCUT2D eigenvalue weighted by Gasteiger charge is 2.10. The maximum absolute atomic E-state index is 5.11. The van der Waals surface area contributed by atoms with Crippen molar-refractivity contribution >= 4 is 0 Å². The molecule has 0 aliphatic heterocycles. The maximum Gasteiger partial charge on any atom is 0.240 e. The van der Waals surface area contributed by atoms with Gasteiger partial charge in [-0.25, -0.2) is 0 Å². The molecule has 0 aliphatic rings. The lowest BCUT2D eigenvalue weighted by molar-refractivity contribution is 0.360. The first-order chi connectivity index (χ1) is 6.77. The van der Waals surface area contributed by atoms with E-state index in [1.54, 1.807) is 0 Å². The molecule has 0 amide bonds. The zero-order chi connectivity index (χ0) is 10.4. The monoisotopic (exact) mass is 197 g/mol. The predicted octanol–water partition coefficient (Wildman–Crippen LogP) is 2.08. The molecule has 1 atom stereocenters. The Hall–Kier alpha value is -0.900. The van der Waals surface area contributed by atoms with Gasteiger partial charge in [0.2, 0.25) is 5.89 Å². The van der Waals surface area contributed by atoms with Crippen molar-refractivity contribution in [2.45, 2.75) is 46.1 Å². The highest BCUT2D eigenvalue weighted by Crippen LogP contribution is 2.14. The molecule has 0 saturated heterocycles. The molecule has 1 rings (SSSR count). The SMILES string of the molecule is CCCNCc1nc(C(C)CC)no1. The van der Waals surface area contributed by atoms with E-state index >= 15 is 0 Å². The fourth-order valence-corrected chi connectivity index (χ4v) is 1.09. The number of nitrogens with one attached hydrogen (secondary N) is 1. The summed E-state index contributed by atoms with van der Waals surface area (Å²) in [6.07, 6.45) is 2.16. The van der Waals surface area contributed by atoms with E-state index in [2.05, 4.69) is 36.2 Å². The minimum atomic E-state index is 0.388. The first-order valence-corrected chi connectivity index (χ1v) is 5.31. The van der Waals surface area contributed by atoms with Gasteiger partial charge in [0.15, 0.2) is 5.82 Å². The molecule has 1 aromatic heterocycles. The third kappa shape index (κ3) is 3.10. The van der Waals surface area contributed by atoms with Crippen LogP contribution < -0.4 is 5.32 Å². The van der Waals surface area contributed by atoms with Crippen LogP contribution >= 0.6 is 0 Å². The molecule has 1 heterocycles. The van der Waals surface area contributed by atoms with Crippen LogP contribution in [0.1, 0.15) is 51.2 Å². The van der Waals surface area contributed by atoms with Crippen molar-refractivity contribution in [1.29, 1.82) is 0 Å². The topological polar surface area (TPSA) is 51.0 Å². The Balaban J connectivity index is 2.42. The second kappa shape index (κ2) is 5.75. The summed E-state index contributed by atoms with van der Waals surface area (Å²) in [5.41, 5.74) is 0. The fourth-order valence-electron chi connectivity index (χ4n) is 1.09. The van der Waals surface area contributed by atoms with Crippen LogP contribution in [0, 0.1) is 0 Å². The summed E-state index contributed by atoms with van der Waals surface area (Å²) in [5.74, 6) is 1.90. The second-order valence-electron chi connectivity index (χ2n) is 3.53. The smallest absolute Gasteiger partial charge is 0.240 e. The third-order valence-corrected chi connectivity index (χ3v) is 2.24. The van der Waals surface area contributed by atoms with E-state index in [9.17, 15) is 0 Å². The van der Waals surface area contributed by atoms with E-state index in [1.807, 2.05) is 0 Å². The average molecular weight is 197 g/mol. The van der Waals surface area contributed by atoms with Gasteiger partial charge in [0.25, 0.3) is 0 Å². The summed E-state index contributed by atoms with van der Waals surface area (Å²) in [7, 11) is 0. The molecule has 4 nitrogen and oxygen atoms in total. The van der Waals surface area contributed by atoms with E-state index in [1.165, 1.54) is 0 Å². The van der Waals surface area contributed by atoms with Crippen LogP contribution in [0.2, 0.25) is 0 Å². The fraction of sp³-hybridized carbons (Fsp3) is 0.800. The highest BCUT2D eigenvalue weighted by molar-refractivity contribution is 4.92. The Morgan fingerprint density at radius 3 is 2.86 bits per heavy atom. The molecular weight excluding hydrogens is 178 g/mol. The molecule has 80 valence electrons. The Morgan fingerprint density at radius 1 is 1.43 bits per heavy atom. The summed E-state index contributed by atoms with van der Waals surface area (Å²) in [4.78, 5) is 4.31. The van der Waals surface area contributed by atoms with Gasteiger partial charge in [0, 0.05) is 5.92 Å². The zero-order valence-corrected chi connectivity index (χ0v) is 9.21. The van der Waals surface area contributed by atoms with Crippen molar-refractivity contribution in [1.82, 2.24) is 15.5 Å². The lowest BCUT2D eigenvalue weighted by atomic mass is 10.1. The van der Waals surface area contributed by atoms with Gasteiger partial charge in [-0.15, -0.1) is 0 Å². The van der Waals surface area contributed by atoms with Gasteiger partial charge in [-0.1, -0.05) is 25.9 Å². The van der Waals surface area contributed by atoms with Gasteiger partial charge in [-0.3, -0.25) is 0 Å². The number of nitrogens with zero attached hydrogens (tertiary/aromatic N) is 2. The van der Waals surface area contributed by atoms with E-state index in [0.29, 0.717) is 18.4 Å². The maximum atomic E-state index is 5.11. The molecule has 0 radical (unpaired) electrons. The summed E-state index contributed by atoms with van der Waals surface area (Å²) < 4.78 is 5.11. The van der Waals surface area contributed by atoms with Crippen molar-refractivity contribution in [3.8, 4) is 0 Å². The van der Waals surface area contributed by atoms with E-state index < -0.39 is 0 Å². The van der Waals surface area contributed by atoms with E-state index in [-0.39, 0.29) is 0 Å². The molecule has 0 bridgehead atoms. The number of hydrogen-bond donors (Lipinski definition) is 1. The lowest BCUT2D eigenvalue weighted by Crippen LogP contribution is -2.14. The van der Waals surface area contributed by atoms with Crippen LogP contribution in [0.5, 0.6) is 0 Å². The molecule has 0 spiro atoms. The molecule has 1 unspecified atom stereocenters. The largest absolute Gasteiger partial charge is 0.338 e. The lowest BCUT2D eigenvalue weighted by Gasteiger charge is -1.99. The predicted molar refractivity (Wildman–Crippen MR) is 55.0 cm³/mol. The third-order valence-electron chi connectivity index (χ3n) is 2.24. The van der Waals surface area contributed by atoms with Gasteiger partial charge < -0.3 is 9.84 Å². The molecule has 4 heteroatoms. The Bertz CT molecular complexity index is 260. The molecular formula is C10H19N3O.